The zero-order valence-electron chi connectivity index (χ0n) is 26.4. The van der Waals surface area contributed by atoms with Gasteiger partial charge in [0.05, 0.1) is 5.71 Å². The Morgan fingerprint density at radius 1 is 1.13 bits per heavy atom. The summed E-state index contributed by atoms with van der Waals surface area (Å²) in [4.78, 5) is 29.1. The molecule has 238 valence electrons. The second-order valence-corrected chi connectivity index (χ2v) is 13.4. The summed E-state index contributed by atoms with van der Waals surface area (Å²) in [6.07, 6.45) is 1.81. The average Bonchev–Trinajstić information content (AvgIpc) is 3.69. The molecule has 0 spiro atoms. The van der Waals surface area contributed by atoms with Crippen molar-refractivity contribution in [2.45, 2.75) is 72.1 Å². The number of allylic oxidation sites excluding steroid dienone is 2. The van der Waals surface area contributed by atoms with Crippen molar-refractivity contribution in [1.82, 2.24) is 9.91 Å². The number of quaternary nitrogens is 1. The Balaban J connectivity index is 1.46. The zero-order chi connectivity index (χ0) is 32.4. The molecule has 4 heterocycles. The summed E-state index contributed by atoms with van der Waals surface area (Å²) in [7, 11) is 0. The second kappa shape index (κ2) is 11.6. The van der Waals surface area contributed by atoms with Crippen LogP contribution in [0.2, 0.25) is 0 Å². The molecule has 1 amide bonds. The number of alkyl halides is 1. The highest BCUT2D eigenvalue weighted by Gasteiger charge is 2.70. The maximum absolute atomic E-state index is 16.2. The molecule has 0 aliphatic carbocycles. The number of aliphatic carboxylic acids is 1. The first-order valence-electron chi connectivity index (χ1n) is 15.7. The predicted octanol–water partition coefficient (Wildman–Crippen LogP) is 6.42. The maximum atomic E-state index is 16.2. The molecule has 2 saturated heterocycles. The zero-order valence-corrected chi connectivity index (χ0v) is 26.4. The Bertz CT molecular complexity index is 1660. The Morgan fingerprint density at radius 2 is 1.87 bits per heavy atom. The van der Waals surface area contributed by atoms with E-state index in [4.69, 9.17) is 5.10 Å². The van der Waals surface area contributed by atoms with Gasteiger partial charge in [-0.15, -0.1) is 0 Å². The van der Waals surface area contributed by atoms with Crippen LogP contribution >= 0.6 is 0 Å². The molecule has 0 radical (unpaired) electrons. The number of carbonyl (C=O) groups excluding carboxylic acids is 1. The normalized spacial score (nSPS) is 23.8. The summed E-state index contributed by atoms with van der Waals surface area (Å²) in [5.41, 5.74) is 4.99. The molecule has 4 aliphatic rings. The first-order chi connectivity index (χ1) is 21.3. The third-order valence-electron chi connectivity index (χ3n) is 9.59. The molecule has 1 unspecified atom stereocenters. The highest BCUT2D eigenvalue weighted by atomic mass is 19.1. The molecule has 4 aliphatic heterocycles. The minimum Gasteiger partial charge on any atom is -0.481 e. The molecular weight excluding hydrogens is 581 g/mol. The van der Waals surface area contributed by atoms with Crippen molar-refractivity contribution < 1.29 is 32.3 Å². The number of nitrogens with zero attached hydrogens (tertiary/aromatic N) is 4. The third kappa shape index (κ3) is 5.42. The van der Waals surface area contributed by atoms with Gasteiger partial charge in [-0.05, 0) is 79.6 Å². The van der Waals surface area contributed by atoms with Crippen molar-refractivity contribution in [2.75, 3.05) is 26.2 Å². The summed E-state index contributed by atoms with van der Waals surface area (Å²) in [5, 5.41) is 16.8. The first-order valence-corrected chi connectivity index (χ1v) is 15.7. The number of likely N-dealkylation sites (tertiary alicyclic amines) is 1. The highest BCUT2D eigenvalue weighted by Crippen LogP contribution is 2.56. The molecular formula is C35H40F3N4O3+. The van der Waals surface area contributed by atoms with Gasteiger partial charge in [0.1, 0.15) is 36.0 Å². The highest BCUT2D eigenvalue weighted by molar-refractivity contribution is 5.98. The van der Waals surface area contributed by atoms with Gasteiger partial charge in [-0.25, -0.2) is 27.5 Å². The number of hydrogen-bond donors (Lipinski definition) is 1. The number of aryl methyl sites for hydroxylation is 2. The Morgan fingerprint density at radius 3 is 2.51 bits per heavy atom. The molecule has 45 heavy (non-hydrogen) atoms. The van der Waals surface area contributed by atoms with Gasteiger partial charge < -0.3 is 5.11 Å². The van der Waals surface area contributed by atoms with Crippen LogP contribution in [0, 0.1) is 31.4 Å². The van der Waals surface area contributed by atoms with Gasteiger partial charge in [-0.3, -0.25) is 9.69 Å². The van der Waals surface area contributed by atoms with Crippen LogP contribution in [0.15, 0.2) is 58.5 Å². The monoisotopic (exact) mass is 621 g/mol. The lowest BCUT2D eigenvalue weighted by molar-refractivity contribution is -0.740. The van der Waals surface area contributed by atoms with Crippen molar-refractivity contribution in [3.8, 4) is 11.1 Å². The van der Waals surface area contributed by atoms with Crippen LogP contribution < -0.4 is 0 Å². The molecule has 1 N–H and O–H groups in total. The van der Waals surface area contributed by atoms with E-state index in [0.717, 1.165) is 22.7 Å². The molecule has 3 atom stereocenters. The average molecular weight is 622 g/mol. The molecule has 0 aromatic heterocycles. The van der Waals surface area contributed by atoms with Crippen molar-refractivity contribution >= 4 is 17.6 Å². The van der Waals surface area contributed by atoms with Crippen LogP contribution in [-0.4, -0.2) is 75.5 Å². The van der Waals surface area contributed by atoms with Crippen LogP contribution in [0.25, 0.3) is 11.1 Å². The number of fused-ring (bicyclic) bond motifs is 2. The van der Waals surface area contributed by atoms with Gasteiger partial charge in [0.15, 0.2) is 18.3 Å². The van der Waals surface area contributed by atoms with Crippen LogP contribution in [0.1, 0.15) is 62.8 Å². The molecule has 6 rings (SSSR count). The van der Waals surface area contributed by atoms with Crippen LogP contribution in [-0.2, 0) is 9.59 Å². The minimum absolute atomic E-state index is 0.0955. The molecule has 2 fully saturated rings. The number of carboxylic acid groups (broad SMARTS) is 1. The number of amides is 1. The van der Waals surface area contributed by atoms with Crippen LogP contribution in [0.5, 0.6) is 0 Å². The Hall–Kier alpha value is -3.76. The van der Waals surface area contributed by atoms with E-state index in [1.165, 1.54) is 12.1 Å². The Labute approximate surface area is 261 Å². The maximum Gasteiger partial charge on any atom is 0.344 e. The number of hydrogen-bond acceptors (Lipinski definition) is 5. The first kappa shape index (κ1) is 31.2. The number of carboxylic acids is 1. The summed E-state index contributed by atoms with van der Waals surface area (Å²) < 4.78 is 44.3. The summed E-state index contributed by atoms with van der Waals surface area (Å²) >= 11 is 0. The fraction of sp³-hybridized carbons (Fsp3) is 0.457. The van der Waals surface area contributed by atoms with Crippen LogP contribution in [0.4, 0.5) is 13.2 Å². The lowest BCUT2D eigenvalue weighted by Crippen LogP contribution is -2.54. The molecule has 10 heteroatoms. The van der Waals surface area contributed by atoms with Crippen molar-refractivity contribution in [3.63, 3.8) is 0 Å². The fourth-order valence-corrected chi connectivity index (χ4v) is 7.38. The van der Waals surface area contributed by atoms with E-state index in [0.29, 0.717) is 49.2 Å². The number of hydrazone groups is 1. The van der Waals surface area contributed by atoms with E-state index in [2.05, 4.69) is 0 Å². The largest absolute Gasteiger partial charge is 0.481 e. The second-order valence-electron chi connectivity index (χ2n) is 13.4. The Kier molecular flexibility index (Phi) is 8.02. The number of carbonyl (C=O) groups is 2. The van der Waals surface area contributed by atoms with Gasteiger partial charge >= 0.3 is 11.9 Å². The number of benzene rings is 2. The SMILES string of the molecule is CC1=CC(CCN2CC(F)C2)=NN2C1=C1C[N+]1([C@@H](CC(=O)O)c1cc(-c3c(C)cccc3F)cc(C)c1F)C(=O)[C@@H]2CC(C)C. The van der Waals surface area contributed by atoms with Gasteiger partial charge in [0, 0.05) is 37.2 Å². The topological polar surface area (TPSA) is 73.2 Å². The van der Waals surface area contributed by atoms with Gasteiger partial charge in [-0.2, -0.15) is 5.10 Å². The van der Waals surface area contributed by atoms with Gasteiger partial charge in [-0.1, -0.05) is 26.0 Å². The van der Waals surface area contributed by atoms with E-state index in [1.54, 1.807) is 37.1 Å². The molecule has 2 aromatic rings. The van der Waals surface area contributed by atoms with Crippen molar-refractivity contribution in [3.05, 3.63) is 81.7 Å². The van der Waals surface area contributed by atoms with E-state index in [-0.39, 0.29) is 34.0 Å². The lowest BCUT2D eigenvalue weighted by Gasteiger charge is -2.40. The molecule has 2 aromatic carbocycles. The quantitative estimate of drug-likeness (QED) is 0.245. The molecule has 0 bridgehead atoms. The van der Waals surface area contributed by atoms with E-state index in [1.807, 2.05) is 31.7 Å². The number of rotatable bonds is 10. The van der Waals surface area contributed by atoms with E-state index < -0.39 is 42.3 Å². The van der Waals surface area contributed by atoms with Gasteiger partial charge in [0.2, 0.25) is 0 Å². The summed E-state index contributed by atoms with van der Waals surface area (Å²) in [5.74, 6) is -2.28. The molecule has 0 saturated carbocycles. The summed E-state index contributed by atoms with van der Waals surface area (Å²) in [6, 6.07) is 6.11. The minimum atomic E-state index is -1.15. The van der Waals surface area contributed by atoms with E-state index >= 15 is 8.78 Å². The number of halogens is 3. The van der Waals surface area contributed by atoms with Gasteiger partial charge in [0.25, 0.3) is 0 Å². The standard InChI is InChI=1S/C35H39F3N4O3/c1-19(2)11-28-35(45)42(18-30(42)34-22(5)13-25(39-41(28)34)9-10-40-16-24(36)17-40)29(15-31(43)44)26-14-23(12-21(4)33(26)38)32-20(3)7-6-8-27(32)37/h6-8,12-14,19,24,28-29H,9-11,15-18H2,1-5H3/p+1/t28-,29-,42?/m0/s1. The van der Waals surface area contributed by atoms with Crippen molar-refractivity contribution in [2.24, 2.45) is 11.0 Å². The predicted molar refractivity (Wildman–Crippen MR) is 166 cm³/mol. The summed E-state index contributed by atoms with van der Waals surface area (Å²) in [6.45, 7) is 11.1. The van der Waals surface area contributed by atoms with Crippen LogP contribution in [0.3, 0.4) is 0 Å². The fourth-order valence-electron chi connectivity index (χ4n) is 7.38. The smallest absolute Gasteiger partial charge is 0.344 e. The van der Waals surface area contributed by atoms with Crippen molar-refractivity contribution in [1.29, 1.82) is 0 Å². The lowest BCUT2D eigenvalue weighted by atomic mass is 9.90. The third-order valence-corrected chi connectivity index (χ3v) is 9.59. The van der Waals surface area contributed by atoms with E-state index in [9.17, 15) is 19.1 Å². The molecule has 7 nitrogen and oxygen atoms in total.